The average Bonchev–Trinajstić information content (AvgIpc) is 3.39. The fraction of sp³-hybridized carbons (Fsp3) is 0.703. The molecule has 1 saturated heterocycles. The van der Waals surface area contributed by atoms with Gasteiger partial charge in [-0.15, -0.1) is 0 Å². The van der Waals surface area contributed by atoms with Gasteiger partial charge in [-0.3, -0.25) is 4.79 Å². The molecule has 9 nitrogen and oxygen atoms in total. The van der Waals surface area contributed by atoms with Gasteiger partial charge in [-0.25, -0.2) is 0 Å². The fourth-order valence-electron chi connectivity index (χ4n) is 8.68. The van der Waals surface area contributed by atoms with Gasteiger partial charge >= 0.3 is 0 Å². The molecule has 7 unspecified atom stereocenters. The Morgan fingerprint density at radius 1 is 0.479 bits per heavy atom. The number of nitrogens with one attached hydrogen (secondary N) is 1. The first-order valence-electron chi connectivity index (χ1n) is 29.6. The molecule has 1 aliphatic heterocycles. The molecule has 1 amide bonds. The number of unbranched alkanes of at least 4 members (excludes halogenated alkanes) is 23. The number of rotatable bonds is 49. The SMILES string of the molecule is CC/C=C\C/C=C\C/C=C\C/C=C\C/C=C\C/C=C\C/C=C\CCCCCC(=O)NC(COC1OC(CO)C(O)C(O)C1O)C(O)/C=C/CC/C=C/CCCCCCCCCCCCCCCCCCCCC. The highest BCUT2D eigenvalue weighted by atomic mass is 16.7. The van der Waals surface area contributed by atoms with Crippen molar-refractivity contribution in [3.05, 3.63) is 109 Å². The number of carbonyl (C=O) groups is 1. The van der Waals surface area contributed by atoms with Crippen LogP contribution in [0.1, 0.15) is 232 Å². The highest BCUT2D eigenvalue weighted by molar-refractivity contribution is 5.76. The summed E-state index contributed by atoms with van der Waals surface area (Å²) >= 11 is 0. The van der Waals surface area contributed by atoms with Gasteiger partial charge in [0.15, 0.2) is 6.29 Å². The number of amides is 1. The molecule has 0 aromatic rings. The van der Waals surface area contributed by atoms with Crippen LogP contribution in [0.4, 0.5) is 0 Å². The summed E-state index contributed by atoms with van der Waals surface area (Å²) in [7, 11) is 0. The highest BCUT2D eigenvalue weighted by Gasteiger charge is 2.44. The minimum Gasteiger partial charge on any atom is -0.394 e. The number of ether oxygens (including phenoxy) is 2. The molecule has 0 saturated carbocycles. The summed E-state index contributed by atoms with van der Waals surface area (Å²) in [5.74, 6) is -0.221. The van der Waals surface area contributed by atoms with E-state index in [1.54, 1.807) is 6.08 Å². The molecule has 0 spiro atoms. The predicted molar refractivity (Wildman–Crippen MR) is 308 cm³/mol. The highest BCUT2D eigenvalue weighted by Crippen LogP contribution is 2.23. The minimum atomic E-state index is -1.59. The molecule has 1 fully saturated rings. The van der Waals surface area contributed by atoms with Crippen molar-refractivity contribution in [2.45, 2.75) is 275 Å². The topological polar surface area (TPSA) is 149 Å². The zero-order chi connectivity index (χ0) is 52.9. The Labute approximate surface area is 446 Å². The van der Waals surface area contributed by atoms with Gasteiger partial charge in [-0.2, -0.15) is 0 Å². The Hall–Kier alpha value is -3.15. The maximum atomic E-state index is 13.1. The maximum Gasteiger partial charge on any atom is 0.220 e. The van der Waals surface area contributed by atoms with Crippen molar-refractivity contribution in [3.8, 4) is 0 Å². The maximum absolute atomic E-state index is 13.1. The Balaban J connectivity index is 2.30. The van der Waals surface area contributed by atoms with Crippen molar-refractivity contribution < 1.29 is 39.8 Å². The van der Waals surface area contributed by atoms with Crippen molar-refractivity contribution in [2.75, 3.05) is 13.2 Å². The quantitative estimate of drug-likeness (QED) is 0.0261. The number of carbonyl (C=O) groups excluding carboxylic acids is 1. The van der Waals surface area contributed by atoms with Gasteiger partial charge in [0.1, 0.15) is 24.4 Å². The van der Waals surface area contributed by atoms with E-state index in [9.17, 15) is 30.3 Å². The van der Waals surface area contributed by atoms with E-state index in [2.05, 4.69) is 116 Å². The molecule has 9 heteroatoms. The van der Waals surface area contributed by atoms with E-state index in [0.717, 1.165) is 83.5 Å². The van der Waals surface area contributed by atoms with Crippen molar-refractivity contribution in [3.63, 3.8) is 0 Å². The first-order chi connectivity index (χ1) is 35.8. The molecule has 1 heterocycles. The molecule has 7 atom stereocenters. The normalized spacial score (nSPS) is 19.9. The van der Waals surface area contributed by atoms with E-state index in [0.29, 0.717) is 12.8 Å². The fourth-order valence-corrected chi connectivity index (χ4v) is 8.68. The van der Waals surface area contributed by atoms with Crippen LogP contribution in [0.5, 0.6) is 0 Å². The molecular formula is C64H109NO8. The standard InChI is InChI=1S/C64H109NO8/c1-3-5-7-9-11-13-15-17-19-21-23-25-27-29-31-33-35-37-39-41-43-45-47-49-51-53-58(67)57(56-72-64-63(71)62(70)61(69)59(55-66)73-64)65-60(68)54-52-50-48-46-44-42-40-38-36-34-32-30-28-26-24-22-20-18-16-14-12-10-8-6-4-2/h6,8,12,14,18,20,24,26,30,32,36,38,42-45,51,53,57-59,61-64,66-67,69-71H,3-5,7,9-11,13,15-17,19,21-23,25,27-29,31,33-35,37,39-41,46-50,52,54-56H2,1-2H3,(H,65,68)/b8-6-,14-12-,20-18-,26-24-,32-30-,38-36-,44-42-,45-43+,53-51+. The summed E-state index contributed by atoms with van der Waals surface area (Å²) in [5.41, 5.74) is 0. The van der Waals surface area contributed by atoms with Crippen LogP contribution in [0.3, 0.4) is 0 Å². The zero-order valence-electron chi connectivity index (χ0n) is 46.4. The van der Waals surface area contributed by atoms with Crippen LogP contribution in [0.2, 0.25) is 0 Å². The number of hydrogen-bond donors (Lipinski definition) is 6. The van der Waals surface area contributed by atoms with Gasteiger partial charge in [0.2, 0.25) is 5.91 Å². The monoisotopic (exact) mass is 1020 g/mol. The third kappa shape index (κ3) is 41.7. The van der Waals surface area contributed by atoms with E-state index < -0.39 is 49.5 Å². The van der Waals surface area contributed by atoms with Gasteiger partial charge in [0.05, 0.1) is 25.4 Å². The Kier molecular flexibility index (Phi) is 48.6. The van der Waals surface area contributed by atoms with E-state index >= 15 is 0 Å². The summed E-state index contributed by atoms with van der Waals surface area (Å²) in [6.45, 7) is 3.64. The molecular weight excluding hydrogens is 911 g/mol. The number of allylic oxidation sites excluding steroid dienone is 17. The first kappa shape index (κ1) is 67.9. The molecule has 1 aliphatic rings. The smallest absolute Gasteiger partial charge is 0.220 e. The van der Waals surface area contributed by atoms with Gasteiger partial charge < -0.3 is 40.3 Å². The lowest BCUT2D eigenvalue weighted by Crippen LogP contribution is -2.60. The summed E-state index contributed by atoms with van der Waals surface area (Å²) < 4.78 is 11.2. The lowest BCUT2D eigenvalue weighted by molar-refractivity contribution is -0.302. The number of aliphatic hydroxyl groups excluding tert-OH is 5. The number of hydrogen-bond acceptors (Lipinski definition) is 8. The third-order valence-corrected chi connectivity index (χ3v) is 13.3. The Morgan fingerprint density at radius 3 is 1.32 bits per heavy atom. The van der Waals surface area contributed by atoms with Crippen molar-refractivity contribution in [2.24, 2.45) is 0 Å². The van der Waals surface area contributed by atoms with Gasteiger partial charge in [0.25, 0.3) is 0 Å². The summed E-state index contributed by atoms with van der Waals surface area (Å²) in [6.07, 6.45) is 70.1. The zero-order valence-corrected chi connectivity index (χ0v) is 46.4. The van der Waals surface area contributed by atoms with Crippen molar-refractivity contribution >= 4 is 5.91 Å². The summed E-state index contributed by atoms with van der Waals surface area (Å²) in [4.78, 5) is 13.1. The van der Waals surface area contributed by atoms with E-state index in [-0.39, 0.29) is 12.5 Å². The molecule has 0 aromatic heterocycles. The molecule has 0 bridgehead atoms. The molecule has 73 heavy (non-hydrogen) atoms. The second-order valence-corrected chi connectivity index (χ2v) is 20.0. The summed E-state index contributed by atoms with van der Waals surface area (Å²) in [6, 6.07) is -0.849. The minimum absolute atomic E-state index is 0.221. The van der Waals surface area contributed by atoms with Crippen LogP contribution < -0.4 is 5.32 Å². The van der Waals surface area contributed by atoms with Crippen LogP contribution in [0.25, 0.3) is 0 Å². The Bertz CT molecular complexity index is 1510. The second-order valence-electron chi connectivity index (χ2n) is 20.0. The molecule has 1 rings (SSSR count). The molecule has 418 valence electrons. The van der Waals surface area contributed by atoms with E-state index in [4.69, 9.17) is 9.47 Å². The van der Waals surface area contributed by atoms with Crippen LogP contribution in [0.15, 0.2) is 109 Å². The van der Waals surface area contributed by atoms with Crippen LogP contribution in [-0.4, -0.2) is 87.5 Å². The van der Waals surface area contributed by atoms with Crippen LogP contribution in [0, 0.1) is 0 Å². The first-order valence-corrected chi connectivity index (χ1v) is 29.6. The summed E-state index contributed by atoms with van der Waals surface area (Å²) in [5, 5.41) is 54.5. The average molecular weight is 1020 g/mol. The van der Waals surface area contributed by atoms with Crippen LogP contribution >= 0.6 is 0 Å². The van der Waals surface area contributed by atoms with E-state index in [1.165, 1.54) is 122 Å². The molecule has 0 radical (unpaired) electrons. The Morgan fingerprint density at radius 2 is 0.863 bits per heavy atom. The molecule has 0 aromatic carbocycles. The van der Waals surface area contributed by atoms with E-state index in [1.807, 2.05) is 6.08 Å². The molecule has 0 aliphatic carbocycles. The van der Waals surface area contributed by atoms with Crippen molar-refractivity contribution in [1.29, 1.82) is 0 Å². The van der Waals surface area contributed by atoms with Crippen LogP contribution in [-0.2, 0) is 14.3 Å². The van der Waals surface area contributed by atoms with Crippen molar-refractivity contribution in [1.82, 2.24) is 5.32 Å². The lowest BCUT2D eigenvalue weighted by Gasteiger charge is -2.40. The van der Waals surface area contributed by atoms with Gasteiger partial charge in [-0.05, 0) is 89.9 Å². The number of aliphatic hydroxyl groups is 5. The van der Waals surface area contributed by atoms with Gasteiger partial charge in [0, 0.05) is 6.42 Å². The second kappa shape index (κ2) is 52.3. The largest absolute Gasteiger partial charge is 0.394 e. The van der Waals surface area contributed by atoms with Gasteiger partial charge in [-0.1, -0.05) is 245 Å². The third-order valence-electron chi connectivity index (χ3n) is 13.3. The predicted octanol–water partition coefficient (Wildman–Crippen LogP) is 15.0. The molecule has 6 N–H and O–H groups in total. The lowest BCUT2D eigenvalue weighted by atomic mass is 9.99.